The molecule has 8 nitrogen and oxygen atoms in total. The summed E-state index contributed by atoms with van der Waals surface area (Å²) in [4.78, 5) is 41.2. The molecule has 26 heavy (non-hydrogen) atoms. The van der Waals surface area contributed by atoms with Gasteiger partial charge in [-0.3, -0.25) is 24.3 Å². The van der Waals surface area contributed by atoms with Crippen LogP contribution in [0.15, 0.2) is 57.6 Å². The van der Waals surface area contributed by atoms with Gasteiger partial charge in [-0.2, -0.15) is 0 Å². The highest BCUT2D eigenvalue weighted by atomic mass is 32.2. The van der Waals surface area contributed by atoms with E-state index in [9.17, 15) is 14.4 Å². The number of hydrogen-bond acceptors (Lipinski definition) is 6. The van der Waals surface area contributed by atoms with Crippen molar-refractivity contribution in [2.45, 2.75) is 10.1 Å². The Hall–Kier alpha value is -3.33. The van der Waals surface area contributed by atoms with E-state index in [1.807, 2.05) is 29.9 Å². The Bertz CT molecular complexity index is 1110. The number of nitrogens with one attached hydrogen (secondary N) is 1. The number of benzene rings is 1. The first-order valence-electron chi connectivity index (χ1n) is 7.62. The van der Waals surface area contributed by atoms with Gasteiger partial charge in [-0.1, -0.05) is 11.8 Å². The number of nitrogens with two attached hydrogens (primary N) is 1. The van der Waals surface area contributed by atoms with Gasteiger partial charge in [0.25, 0.3) is 17.4 Å². The minimum Gasteiger partial charge on any atom is -0.384 e. The molecule has 9 heteroatoms. The molecule has 0 atom stereocenters. The van der Waals surface area contributed by atoms with Gasteiger partial charge >= 0.3 is 0 Å². The second-order valence-electron chi connectivity index (χ2n) is 5.69. The van der Waals surface area contributed by atoms with Gasteiger partial charge in [-0.25, -0.2) is 4.98 Å². The van der Waals surface area contributed by atoms with Crippen molar-refractivity contribution >= 4 is 29.4 Å². The highest BCUT2D eigenvalue weighted by molar-refractivity contribution is 7.99. The molecule has 0 saturated heterocycles. The van der Waals surface area contributed by atoms with Crippen LogP contribution < -0.4 is 16.6 Å². The maximum atomic E-state index is 12.4. The number of carbonyl (C=O) groups excluding carboxylic acids is 2. The maximum Gasteiger partial charge on any atom is 0.262 e. The Morgan fingerprint density at radius 1 is 1.12 bits per heavy atom. The number of nitrogens with zero attached hydrogens (tertiary/aromatic N) is 3. The number of hydrogen-bond donors (Lipinski definition) is 2. The average Bonchev–Trinajstić information content (AvgIpc) is 3.12. The Kier molecular flexibility index (Phi) is 3.66. The van der Waals surface area contributed by atoms with Crippen molar-refractivity contribution in [1.29, 1.82) is 0 Å². The van der Waals surface area contributed by atoms with E-state index < -0.39 is 17.4 Å². The molecule has 0 bridgehead atoms. The number of rotatable bonds is 3. The van der Waals surface area contributed by atoms with Gasteiger partial charge in [-0.05, 0) is 24.3 Å². The fraction of sp³-hybridized carbons (Fsp3) is 0.0588. The summed E-state index contributed by atoms with van der Waals surface area (Å²) in [5.74, 6) is -1.26. The lowest BCUT2D eigenvalue weighted by molar-refractivity contribution is 0.0880. The third-order valence-electron chi connectivity index (χ3n) is 4.03. The molecule has 0 unspecified atom stereocenters. The van der Waals surface area contributed by atoms with Crippen molar-refractivity contribution < 1.29 is 9.59 Å². The van der Waals surface area contributed by atoms with Gasteiger partial charge in [0.15, 0.2) is 5.16 Å². The minimum atomic E-state index is -0.609. The van der Waals surface area contributed by atoms with Gasteiger partial charge in [0.05, 0.1) is 16.8 Å². The van der Waals surface area contributed by atoms with Crippen LogP contribution in [0, 0.1) is 0 Å². The molecule has 3 heterocycles. The highest BCUT2D eigenvalue weighted by Crippen LogP contribution is 2.28. The zero-order valence-corrected chi connectivity index (χ0v) is 14.4. The van der Waals surface area contributed by atoms with Crippen molar-refractivity contribution in [3.8, 4) is 5.69 Å². The minimum absolute atomic E-state index is 0.00991. The Morgan fingerprint density at radius 2 is 1.85 bits per heavy atom. The number of anilines is 1. The van der Waals surface area contributed by atoms with Crippen molar-refractivity contribution in [1.82, 2.24) is 19.4 Å². The summed E-state index contributed by atoms with van der Waals surface area (Å²) in [7, 11) is 1.90. The zero-order chi connectivity index (χ0) is 18.4. The highest BCUT2D eigenvalue weighted by Gasteiger charge is 2.31. The van der Waals surface area contributed by atoms with Gasteiger partial charge in [0.1, 0.15) is 5.82 Å². The Balaban J connectivity index is 1.74. The summed E-state index contributed by atoms with van der Waals surface area (Å²) in [6.07, 6.45) is 3.57. The molecule has 0 saturated carbocycles. The van der Waals surface area contributed by atoms with Crippen molar-refractivity contribution in [3.05, 3.63) is 64.2 Å². The largest absolute Gasteiger partial charge is 0.384 e. The third kappa shape index (κ3) is 2.49. The van der Waals surface area contributed by atoms with E-state index in [1.165, 1.54) is 16.3 Å². The number of amides is 2. The second-order valence-corrected chi connectivity index (χ2v) is 6.73. The van der Waals surface area contributed by atoms with Gasteiger partial charge in [0.2, 0.25) is 0 Å². The van der Waals surface area contributed by atoms with E-state index in [2.05, 4.69) is 10.3 Å². The van der Waals surface area contributed by atoms with Crippen molar-refractivity contribution in [3.63, 3.8) is 0 Å². The molecule has 0 spiro atoms. The number of carbonyl (C=O) groups is 2. The van der Waals surface area contributed by atoms with Crippen molar-refractivity contribution in [2.75, 3.05) is 5.73 Å². The second kappa shape index (κ2) is 5.88. The SMILES string of the molecule is Cn1ccnc1Sc1ccc(-n2c(N)c3c(cc2=O)C(=O)NC3=O)cc1. The molecule has 1 aliphatic rings. The molecule has 0 radical (unpaired) electrons. The molecule has 1 aromatic carbocycles. The third-order valence-corrected chi connectivity index (χ3v) is 5.12. The van der Waals surface area contributed by atoms with Crippen molar-refractivity contribution in [2.24, 2.45) is 7.05 Å². The van der Waals surface area contributed by atoms with Gasteiger partial charge in [-0.15, -0.1) is 0 Å². The van der Waals surface area contributed by atoms with Crippen LogP contribution in [0.2, 0.25) is 0 Å². The van der Waals surface area contributed by atoms with Gasteiger partial charge in [0, 0.05) is 30.4 Å². The van der Waals surface area contributed by atoms with E-state index in [4.69, 9.17) is 5.73 Å². The fourth-order valence-corrected chi connectivity index (χ4v) is 3.57. The lowest BCUT2D eigenvalue weighted by Gasteiger charge is -2.12. The predicted octanol–water partition coefficient (Wildman–Crippen LogP) is 1.19. The number of fused-ring (bicyclic) bond motifs is 1. The maximum absolute atomic E-state index is 12.4. The van der Waals surface area contributed by atoms with Crippen LogP contribution in [-0.2, 0) is 7.05 Å². The molecule has 130 valence electrons. The van der Waals surface area contributed by atoms with Crippen LogP contribution in [0.5, 0.6) is 0 Å². The van der Waals surface area contributed by atoms with Crippen LogP contribution in [-0.4, -0.2) is 25.9 Å². The monoisotopic (exact) mass is 367 g/mol. The summed E-state index contributed by atoms with van der Waals surface area (Å²) in [6, 6.07) is 8.24. The molecule has 2 amide bonds. The Labute approximate surface area is 151 Å². The molecular formula is C17H13N5O3S. The van der Waals surface area contributed by atoms with Crippen LogP contribution >= 0.6 is 11.8 Å². The van der Waals surface area contributed by atoms with E-state index in [0.29, 0.717) is 5.69 Å². The first-order chi connectivity index (χ1) is 12.5. The molecule has 3 N–H and O–H groups in total. The smallest absolute Gasteiger partial charge is 0.262 e. The Morgan fingerprint density at radius 3 is 2.50 bits per heavy atom. The molecule has 4 rings (SSSR count). The standard InChI is InChI=1S/C17H13N5O3S/c1-21-7-6-19-17(21)26-10-4-2-9(3-5-10)22-12(23)8-11-13(14(22)18)16(25)20-15(11)24/h2-8H,18H2,1H3,(H,20,24,25). The summed E-state index contributed by atoms with van der Waals surface area (Å²) < 4.78 is 3.11. The average molecular weight is 367 g/mol. The first-order valence-corrected chi connectivity index (χ1v) is 8.44. The number of aromatic nitrogens is 3. The zero-order valence-electron chi connectivity index (χ0n) is 13.6. The number of nitrogen functional groups attached to an aromatic ring is 1. The summed E-state index contributed by atoms with van der Waals surface area (Å²) in [5.41, 5.74) is 6.09. The number of aryl methyl sites for hydroxylation is 1. The fourth-order valence-electron chi connectivity index (χ4n) is 2.76. The normalized spacial score (nSPS) is 13.0. The van der Waals surface area contributed by atoms with E-state index in [1.54, 1.807) is 18.3 Å². The van der Waals surface area contributed by atoms with E-state index in [-0.39, 0.29) is 16.9 Å². The number of imidazole rings is 1. The van der Waals surface area contributed by atoms with Crippen LogP contribution in [0.1, 0.15) is 20.7 Å². The summed E-state index contributed by atoms with van der Waals surface area (Å²) in [6.45, 7) is 0. The lowest BCUT2D eigenvalue weighted by atomic mass is 10.1. The number of imide groups is 1. The topological polar surface area (TPSA) is 112 Å². The molecule has 2 aromatic heterocycles. The molecule has 3 aromatic rings. The van der Waals surface area contributed by atoms with E-state index in [0.717, 1.165) is 16.1 Å². The van der Waals surface area contributed by atoms with Crippen LogP contribution in [0.4, 0.5) is 5.82 Å². The quantitative estimate of drug-likeness (QED) is 0.673. The molecule has 0 fully saturated rings. The van der Waals surface area contributed by atoms with Crippen LogP contribution in [0.25, 0.3) is 5.69 Å². The summed E-state index contributed by atoms with van der Waals surface area (Å²) in [5, 5.41) is 2.98. The van der Waals surface area contributed by atoms with E-state index >= 15 is 0 Å². The molecule has 0 aliphatic carbocycles. The van der Waals surface area contributed by atoms with Crippen LogP contribution in [0.3, 0.4) is 0 Å². The number of pyridine rings is 1. The first kappa shape index (κ1) is 16.2. The molecular weight excluding hydrogens is 354 g/mol. The van der Waals surface area contributed by atoms with Gasteiger partial charge < -0.3 is 10.3 Å². The lowest BCUT2D eigenvalue weighted by Crippen LogP contribution is -2.24. The summed E-state index contributed by atoms with van der Waals surface area (Å²) >= 11 is 1.48. The molecule has 1 aliphatic heterocycles. The predicted molar refractivity (Wildman–Crippen MR) is 95.6 cm³/mol.